The van der Waals surface area contributed by atoms with Crippen LogP contribution in [0.15, 0.2) is 11.1 Å². The Morgan fingerprint density at radius 2 is 2.10 bits per heavy atom. The van der Waals surface area contributed by atoms with Gasteiger partial charge in [0.25, 0.3) is 5.71 Å². The zero-order valence-electron chi connectivity index (χ0n) is 11.9. The third-order valence-electron chi connectivity index (χ3n) is 3.42. The third kappa shape index (κ3) is 3.53. The molecule has 0 radical (unpaired) electrons. The zero-order chi connectivity index (χ0) is 15.6. The predicted octanol–water partition coefficient (Wildman–Crippen LogP) is 0.700. The molecule has 0 bridgehead atoms. The lowest BCUT2D eigenvalue weighted by Gasteiger charge is -2.23. The Bertz CT molecular complexity index is 529. The number of rotatable bonds is 3. The van der Waals surface area contributed by atoms with Crippen LogP contribution in [0.2, 0.25) is 0 Å². The van der Waals surface area contributed by atoms with Crippen molar-refractivity contribution in [3.8, 4) is 0 Å². The normalized spacial score (nSPS) is 25.5. The topological polar surface area (TPSA) is 102 Å². The van der Waals surface area contributed by atoms with E-state index in [1.165, 1.54) is 0 Å². The van der Waals surface area contributed by atoms with E-state index in [1.54, 1.807) is 0 Å². The molecule has 1 saturated heterocycles. The number of thioether (sulfide) groups is 1. The molecule has 1 unspecified atom stereocenters. The van der Waals surface area contributed by atoms with Crippen molar-refractivity contribution in [1.29, 1.82) is 0 Å². The first-order valence-electron chi connectivity index (χ1n) is 6.55. The van der Waals surface area contributed by atoms with Crippen LogP contribution in [0.1, 0.15) is 13.8 Å². The smallest absolute Gasteiger partial charge is 0.310 e. The summed E-state index contributed by atoms with van der Waals surface area (Å²) in [5.74, 6) is 0. The summed E-state index contributed by atoms with van der Waals surface area (Å²) < 4.78 is 7.36. The average molecular weight is 316 g/mol. The van der Waals surface area contributed by atoms with Crippen molar-refractivity contribution in [2.75, 3.05) is 26.3 Å². The highest BCUT2D eigenvalue weighted by atomic mass is 32.2. The van der Waals surface area contributed by atoms with Crippen molar-refractivity contribution in [2.24, 2.45) is 5.41 Å². The van der Waals surface area contributed by atoms with E-state index in [1.807, 2.05) is 20.1 Å². The summed E-state index contributed by atoms with van der Waals surface area (Å²) in [5.41, 5.74) is -0.530. The minimum atomic E-state index is -0.543. The number of morpholine rings is 1. The maximum Gasteiger partial charge on any atom is 0.310 e. The van der Waals surface area contributed by atoms with Crippen LogP contribution in [0, 0.1) is 20.7 Å². The van der Waals surface area contributed by atoms with E-state index in [-0.39, 0.29) is 15.6 Å². The lowest BCUT2D eigenvalue weighted by Crippen LogP contribution is -2.40. The molecule has 0 aromatic rings. The van der Waals surface area contributed by atoms with Crippen LogP contribution in [0.4, 0.5) is 0 Å². The first-order valence-corrected chi connectivity index (χ1v) is 7.43. The molecule has 1 atom stereocenters. The van der Waals surface area contributed by atoms with Crippen LogP contribution in [-0.2, 0) is 4.74 Å². The molecule has 2 rings (SSSR count). The Kier molecular flexibility index (Phi) is 4.52. The van der Waals surface area contributed by atoms with Gasteiger partial charge in [0.15, 0.2) is 13.1 Å². The summed E-state index contributed by atoms with van der Waals surface area (Å²) in [6, 6.07) is 0. The monoisotopic (exact) mass is 316 g/mol. The van der Waals surface area contributed by atoms with Crippen molar-refractivity contribution in [1.82, 2.24) is 0 Å². The summed E-state index contributed by atoms with van der Waals surface area (Å²) in [7, 11) is 0. The second-order valence-corrected chi connectivity index (χ2v) is 6.66. The summed E-state index contributed by atoms with van der Waals surface area (Å²) in [6.45, 7) is 6.53. The molecule has 2 heterocycles. The molecule has 0 spiro atoms. The van der Waals surface area contributed by atoms with Crippen LogP contribution in [-0.4, -0.2) is 63.1 Å². The highest BCUT2D eigenvalue weighted by molar-refractivity contribution is 8.04. The minimum absolute atomic E-state index is 0.00112. The Labute approximate surface area is 126 Å². The standard InChI is InChI=1S/C12H18N3O5S/c1-12(2,8-13-3-5-20-6-4-13)11-9(14(16)17)7-10(21-11)15(18)19/h7-8,11H,3-6H2,1-2H3,(H,16,17)/q+1. The second-order valence-electron chi connectivity index (χ2n) is 5.53. The first-order chi connectivity index (χ1) is 9.81. The molecule has 0 amide bonds. The van der Waals surface area contributed by atoms with Gasteiger partial charge in [0, 0.05) is 4.90 Å². The van der Waals surface area contributed by atoms with E-state index < -0.39 is 15.6 Å². The molecule has 1 fully saturated rings. The van der Waals surface area contributed by atoms with Crippen molar-refractivity contribution < 1.29 is 24.3 Å². The van der Waals surface area contributed by atoms with Crippen LogP contribution in [0.5, 0.6) is 0 Å². The van der Waals surface area contributed by atoms with Gasteiger partial charge in [-0.1, -0.05) is 0 Å². The number of nitro groups is 1. The molecule has 0 aliphatic carbocycles. The largest absolute Gasteiger partial charge is 0.417 e. The summed E-state index contributed by atoms with van der Waals surface area (Å²) >= 11 is 0.985. The van der Waals surface area contributed by atoms with Gasteiger partial charge >= 0.3 is 5.03 Å². The van der Waals surface area contributed by atoms with E-state index in [4.69, 9.17) is 4.74 Å². The van der Waals surface area contributed by atoms with Gasteiger partial charge in [-0.2, -0.15) is 0 Å². The highest BCUT2D eigenvalue weighted by Crippen LogP contribution is 2.40. The molecule has 0 aromatic carbocycles. The fraction of sp³-hybridized carbons (Fsp3) is 0.667. The lowest BCUT2D eigenvalue weighted by molar-refractivity contribution is -0.726. The fourth-order valence-corrected chi connectivity index (χ4v) is 3.61. The minimum Gasteiger partial charge on any atom is -0.417 e. The van der Waals surface area contributed by atoms with Crippen molar-refractivity contribution in [3.63, 3.8) is 0 Å². The van der Waals surface area contributed by atoms with Crippen molar-refractivity contribution in [3.05, 3.63) is 26.4 Å². The van der Waals surface area contributed by atoms with Gasteiger partial charge in [-0.3, -0.25) is 15.3 Å². The van der Waals surface area contributed by atoms with Gasteiger partial charge < -0.3 is 9.94 Å². The summed E-state index contributed by atoms with van der Waals surface area (Å²) in [4.78, 5) is 10.1. The van der Waals surface area contributed by atoms with E-state index in [0.29, 0.717) is 13.2 Å². The SMILES string of the molecule is CC(C)(C=[N+]1CCOCC1)C1SC([N+](=O)[O-])=C/C1=[N+](/[O-])O. The van der Waals surface area contributed by atoms with Crippen molar-refractivity contribution >= 4 is 23.7 Å². The Balaban J connectivity index is 2.27. The number of ether oxygens (including phenoxy) is 1. The Morgan fingerprint density at radius 3 is 2.62 bits per heavy atom. The molecular weight excluding hydrogens is 298 g/mol. The quantitative estimate of drug-likeness (QED) is 0.270. The van der Waals surface area contributed by atoms with Gasteiger partial charge in [-0.15, -0.1) is 0 Å². The average Bonchev–Trinajstić information content (AvgIpc) is 2.85. The molecule has 9 heteroatoms. The predicted molar refractivity (Wildman–Crippen MR) is 77.5 cm³/mol. The van der Waals surface area contributed by atoms with E-state index in [2.05, 4.69) is 4.58 Å². The van der Waals surface area contributed by atoms with E-state index >= 15 is 0 Å². The summed E-state index contributed by atoms with van der Waals surface area (Å²) in [5, 5.41) is 30.7. The second kappa shape index (κ2) is 6.02. The number of allylic oxidation sites excluding steroid dienone is 1. The molecule has 2 aliphatic rings. The van der Waals surface area contributed by atoms with Gasteiger partial charge in [0.05, 0.1) is 16.4 Å². The molecule has 21 heavy (non-hydrogen) atoms. The van der Waals surface area contributed by atoms with E-state index in [9.17, 15) is 20.5 Å². The molecule has 0 aromatic heterocycles. The molecule has 2 aliphatic heterocycles. The molecule has 8 nitrogen and oxygen atoms in total. The Hall–Kier alpha value is -1.61. The number of hydrogen-bond acceptors (Lipinski definition) is 6. The maximum absolute atomic E-state index is 11.3. The van der Waals surface area contributed by atoms with Gasteiger partial charge in [0.1, 0.15) is 24.7 Å². The Morgan fingerprint density at radius 1 is 1.48 bits per heavy atom. The number of nitrogens with zero attached hydrogens (tertiary/aromatic N) is 3. The number of hydrogen-bond donors (Lipinski definition) is 1. The van der Waals surface area contributed by atoms with Crippen LogP contribution < -0.4 is 0 Å². The van der Waals surface area contributed by atoms with Crippen LogP contribution >= 0.6 is 11.8 Å². The molecule has 116 valence electrons. The molecule has 0 saturated carbocycles. The van der Waals surface area contributed by atoms with Crippen molar-refractivity contribution in [2.45, 2.75) is 19.1 Å². The highest BCUT2D eigenvalue weighted by Gasteiger charge is 2.48. The summed E-state index contributed by atoms with van der Waals surface area (Å²) in [6.07, 6.45) is 3.10. The third-order valence-corrected chi connectivity index (χ3v) is 5.01. The van der Waals surface area contributed by atoms with E-state index in [0.717, 1.165) is 30.9 Å². The fourth-order valence-electron chi connectivity index (χ4n) is 2.45. The van der Waals surface area contributed by atoms with Crippen LogP contribution in [0.25, 0.3) is 0 Å². The maximum atomic E-state index is 11.3. The molecular formula is C12H18N3O5S+. The van der Waals surface area contributed by atoms with Crippen LogP contribution in [0.3, 0.4) is 0 Å². The molecule has 1 N–H and O–H groups in total. The zero-order valence-corrected chi connectivity index (χ0v) is 12.7. The van der Waals surface area contributed by atoms with Gasteiger partial charge in [-0.25, -0.2) is 4.58 Å². The van der Waals surface area contributed by atoms with Gasteiger partial charge in [0.2, 0.25) is 0 Å². The first kappa shape index (κ1) is 15.8. The lowest BCUT2D eigenvalue weighted by atomic mass is 9.87. The van der Waals surface area contributed by atoms with Gasteiger partial charge in [-0.05, 0) is 25.6 Å².